The van der Waals surface area contributed by atoms with E-state index in [-0.39, 0.29) is 50.7 Å². The van der Waals surface area contributed by atoms with Gasteiger partial charge in [-0.05, 0) is 49.4 Å². The number of non-ortho nitro benzene ring substituents is 1. The molecule has 11 heteroatoms. The summed E-state index contributed by atoms with van der Waals surface area (Å²) < 4.78 is 39.7. The molecule has 0 radical (unpaired) electrons. The summed E-state index contributed by atoms with van der Waals surface area (Å²) in [6, 6.07) is 25.1. The van der Waals surface area contributed by atoms with E-state index in [0.717, 1.165) is 12.1 Å². The molecule has 0 N–H and O–H groups in total. The van der Waals surface area contributed by atoms with Gasteiger partial charge in [0.2, 0.25) is 0 Å². The van der Waals surface area contributed by atoms with Gasteiger partial charge in [-0.2, -0.15) is 4.31 Å². The van der Waals surface area contributed by atoms with Crippen molar-refractivity contribution in [2.24, 2.45) is 0 Å². The monoisotopic (exact) mass is 570 g/mol. The highest BCUT2D eigenvalue weighted by Gasteiger charge is 2.33. The molecule has 41 heavy (non-hydrogen) atoms. The van der Waals surface area contributed by atoms with E-state index in [1.54, 1.807) is 37.3 Å². The minimum atomic E-state index is -4.48. The molecule has 0 unspecified atom stereocenters. The average Bonchev–Trinajstić information content (AvgIpc) is 3.37. The topological polar surface area (TPSA) is 137 Å². The summed E-state index contributed by atoms with van der Waals surface area (Å²) in [5, 5.41) is 11.4. The molecule has 0 fully saturated rings. The van der Waals surface area contributed by atoms with Gasteiger partial charge in [0.05, 0.1) is 22.1 Å². The van der Waals surface area contributed by atoms with Gasteiger partial charge in [0.15, 0.2) is 0 Å². The van der Waals surface area contributed by atoms with E-state index >= 15 is 0 Å². The first-order valence-electron chi connectivity index (χ1n) is 12.4. The first kappa shape index (κ1) is 27.3. The van der Waals surface area contributed by atoms with E-state index in [4.69, 9.17) is 9.15 Å². The number of nitrogens with zero attached hydrogens (tertiary/aromatic N) is 2. The smallest absolute Gasteiger partial charge is 0.342 e. The second-order valence-corrected chi connectivity index (χ2v) is 10.6. The van der Waals surface area contributed by atoms with E-state index in [1.807, 2.05) is 6.07 Å². The molecule has 1 heterocycles. The molecule has 0 bridgehead atoms. The first-order valence-corrected chi connectivity index (χ1v) is 13.8. The third-order valence-electron chi connectivity index (χ3n) is 6.21. The summed E-state index contributed by atoms with van der Waals surface area (Å²) in [5.41, 5.74) is 0.522. The van der Waals surface area contributed by atoms with Gasteiger partial charge >= 0.3 is 5.97 Å². The number of fused-ring (bicyclic) bond motifs is 1. The van der Waals surface area contributed by atoms with Gasteiger partial charge in [-0.15, -0.1) is 0 Å². The Hall–Kier alpha value is -5.29. The molecule has 0 atom stereocenters. The maximum absolute atomic E-state index is 13.9. The summed E-state index contributed by atoms with van der Waals surface area (Å²) in [5.74, 6) is -1.40. The average molecular weight is 571 g/mol. The third-order valence-corrected chi connectivity index (χ3v) is 7.94. The zero-order valence-corrected chi connectivity index (χ0v) is 22.4. The largest absolute Gasteiger partial charge is 0.462 e. The Morgan fingerprint density at radius 2 is 1.54 bits per heavy atom. The second kappa shape index (κ2) is 11.1. The Kier molecular flexibility index (Phi) is 7.36. The van der Waals surface area contributed by atoms with Crippen molar-refractivity contribution in [1.29, 1.82) is 0 Å². The highest BCUT2D eigenvalue weighted by molar-refractivity contribution is 7.93. The van der Waals surface area contributed by atoms with Gasteiger partial charge in [0, 0.05) is 28.6 Å². The number of hydrogen-bond donors (Lipinski definition) is 0. The van der Waals surface area contributed by atoms with E-state index in [0.29, 0.717) is 9.87 Å². The molecule has 1 aromatic heterocycles. The van der Waals surface area contributed by atoms with Gasteiger partial charge in [-0.3, -0.25) is 14.9 Å². The Labute approximate surface area is 234 Å². The van der Waals surface area contributed by atoms with Crippen LogP contribution in [0.5, 0.6) is 0 Å². The standard InChI is InChI=1S/C30H22N2O8S/c1-2-39-30(34)27-25-19-23(17-18-26(25)40-28(27)20-9-5-3-6-10-20)31(41(37,38)24-11-7-4-8-12-24)29(33)21-13-15-22(16-14-21)32(35)36/h3-19H,2H2,1H3. The minimum Gasteiger partial charge on any atom is -0.462 e. The Bertz CT molecular complexity index is 1870. The summed E-state index contributed by atoms with van der Waals surface area (Å²) in [7, 11) is -4.48. The lowest BCUT2D eigenvalue weighted by Gasteiger charge is -2.23. The molecule has 4 aromatic carbocycles. The molecule has 5 rings (SSSR count). The van der Waals surface area contributed by atoms with Gasteiger partial charge < -0.3 is 9.15 Å². The lowest BCUT2D eigenvalue weighted by atomic mass is 10.1. The molecule has 0 aliphatic rings. The van der Waals surface area contributed by atoms with Crippen LogP contribution in [0.25, 0.3) is 22.3 Å². The molecular weight excluding hydrogens is 548 g/mol. The molecule has 0 saturated carbocycles. The number of anilines is 1. The van der Waals surface area contributed by atoms with Gasteiger partial charge in [0.1, 0.15) is 16.9 Å². The molecule has 0 aliphatic carbocycles. The summed E-state index contributed by atoms with van der Waals surface area (Å²) in [4.78, 5) is 37.2. The van der Waals surface area contributed by atoms with E-state index in [2.05, 4.69) is 0 Å². The summed E-state index contributed by atoms with van der Waals surface area (Å²) in [6.45, 7) is 1.75. The number of amides is 1. The minimum absolute atomic E-state index is 0.0735. The molecular formula is C30H22N2O8S. The van der Waals surface area contributed by atoms with Crippen LogP contribution in [0.4, 0.5) is 11.4 Å². The first-order chi connectivity index (χ1) is 19.7. The fourth-order valence-corrected chi connectivity index (χ4v) is 5.74. The fourth-order valence-electron chi connectivity index (χ4n) is 4.32. The third kappa shape index (κ3) is 5.18. The van der Waals surface area contributed by atoms with E-state index in [1.165, 1.54) is 54.6 Å². The number of nitro groups is 1. The van der Waals surface area contributed by atoms with Crippen LogP contribution in [0.2, 0.25) is 0 Å². The van der Waals surface area contributed by atoms with Crippen molar-refractivity contribution >= 4 is 44.2 Å². The number of rotatable bonds is 8. The van der Waals surface area contributed by atoms with Gasteiger partial charge in [0.25, 0.3) is 21.6 Å². The van der Waals surface area contributed by atoms with Crippen molar-refractivity contribution < 1.29 is 32.1 Å². The van der Waals surface area contributed by atoms with E-state index in [9.17, 15) is 28.1 Å². The number of furan rings is 1. The Morgan fingerprint density at radius 1 is 0.902 bits per heavy atom. The van der Waals surface area contributed by atoms with Crippen molar-refractivity contribution in [3.05, 3.63) is 124 Å². The van der Waals surface area contributed by atoms with Crippen molar-refractivity contribution in [1.82, 2.24) is 0 Å². The number of hydrogen-bond acceptors (Lipinski definition) is 8. The Balaban J connectivity index is 1.73. The van der Waals surface area contributed by atoms with Crippen molar-refractivity contribution in [2.75, 3.05) is 10.9 Å². The number of benzene rings is 4. The number of esters is 1. The molecule has 0 saturated heterocycles. The Morgan fingerprint density at radius 3 is 2.15 bits per heavy atom. The van der Waals surface area contributed by atoms with E-state index < -0.39 is 26.8 Å². The predicted molar refractivity (Wildman–Crippen MR) is 151 cm³/mol. The van der Waals surface area contributed by atoms with Crippen molar-refractivity contribution in [3.63, 3.8) is 0 Å². The zero-order valence-electron chi connectivity index (χ0n) is 21.6. The summed E-state index contributed by atoms with van der Waals surface area (Å²) in [6.07, 6.45) is 0. The van der Waals surface area contributed by atoms with Crippen LogP contribution in [0.15, 0.2) is 112 Å². The fraction of sp³-hybridized carbons (Fsp3) is 0.0667. The van der Waals surface area contributed by atoms with Crippen LogP contribution < -0.4 is 4.31 Å². The molecule has 0 spiro atoms. The number of ether oxygens (including phenoxy) is 1. The predicted octanol–water partition coefficient (Wildman–Crippen LogP) is 6.22. The van der Waals surface area contributed by atoms with Crippen LogP contribution in [0.1, 0.15) is 27.6 Å². The maximum atomic E-state index is 13.9. The van der Waals surface area contributed by atoms with Crippen LogP contribution in [-0.2, 0) is 14.8 Å². The SMILES string of the molecule is CCOC(=O)c1c(-c2ccccc2)oc2ccc(N(C(=O)c3ccc([N+](=O)[O-])cc3)S(=O)(=O)c3ccccc3)cc12. The van der Waals surface area contributed by atoms with Crippen LogP contribution >= 0.6 is 0 Å². The van der Waals surface area contributed by atoms with Crippen LogP contribution in [-0.4, -0.2) is 31.8 Å². The lowest BCUT2D eigenvalue weighted by Crippen LogP contribution is -2.37. The lowest BCUT2D eigenvalue weighted by molar-refractivity contribution is -0.384. The maximum Gasteiger partial charge on any atom is 0.342 e. The van der Waals surface area contributed by atoms with Crippen molar-refractivity contribution in [3.8, 4) is 11.3 Å². The molecule has 206 valence electrons. The highest BCUT2D eigenvalue weighted by Crippen LogP contribution is 2.37. The second-order valence-electron chi connectivity index (χ2n) is 8.76. The van der Waals surface area contributed by atoms with Gasteiger partial charge in [-0.1, -0.05) is 48.5 Å². The molecule has 0 aliphatic heterocycles. The number of carbonyl (C=O) groups is 2. The van der Waals surface area contributed by atoms with Crippen LogP contribution in [0, 0.1) is 10.1 Å². The van der Waals surface area contributed by atoms with Crippen molar-refractivity contribution in [2.45, 2.75) is 11.8 Å². The normalized spacial score (nSPS) is 11.2. The molecule has 5 aromatic rings. The molecule has 10 nitrogen and oxygen atoms in total. The quantitative estimate of drug-likeness (QED) is 0.122. The number of carbonyl (C=O) groups excluding carboxylic acids is 2. The number of nitro benzene ring substituents is 1. The molecule has 1 amide bonds. The van der Waals surface area contributed by atoms with Gasteiger partial charge in [-0.25, -0.2) is 13.2 Å². The number of sulfonamides is 1. The highest BCUT2D eigenvalue weighted by atomic mass is 32.2. The van der Waals surface area contributed by atoms with Crippen LogP contribution in [0.3, 0.4) is 0 Å². The zero-order chi connectivity index (χ0) is 29.1. The summed E-state index contributed by atoms with van der Waals surface area (Å²) >= 11 is 0.